The van der Waals surface area contributed by atoms with E-state index in [0.717, 1.165) is 33.3 Å². The highest BCUT2D eigenvalue weighted by atomic mass is 35.5. The van der Waals surface area contributed by atoms with Gasteiger partial charge >= 0.3 is 0 Å². The first-order valence-corrected chi connectivity index (χ1v) is 10.2. The Morgan fingerprint density at radius 2 is 1.97 bits per heavy atom. The minimum atomic E-state index is -0.177. The standard InChI is InChI=1S/C21H18ClN5OS/c1-13-9-14(2)27(26-13)19-8-7-15(10-23-19)11-24-20(28)18-12-25-21(29-18)16-5-3-4-6-17(16)22/h3-10,12H,11H2,1-2H3,(H,24,28). The molecule has 3 heterocycles. The molecule has 1 amide bonds. The third kappa shape index (κ3) is 4.21. The second-order valence-electron chi connectivity index (χ2n) is 6.56. The molecule has 8 heteroatoms. The van der Waals surface area contributed by atoms with Crippen LogP contribution in [0.2, 0.25) is 5.02 Å². The van der Waals surface area contributed by atoms with E-state index in [1.165, 1.54) is 11.3 Å². The van der Waals surface area contributed by atoms with Crippen LogP contribution in [0.3, 0.4) is 0 Å². The van der Waals surface area contributed by atoms with Gasteiger partial charge in [-0.25, -0.2) is 14.6 Å². The van der Waals surface area contributed by atoms with Crippen LogP contribution in [-0.2, 0) is 6.54 Å². The van der Waals surface area contributed by atoms with Crippen LogP contribution in [0.15, 0.2) is 54.9 Å². The fourth-order valence-electron chi connectivity index (χ4n) is 2.92. The molecule has 6 nitrogen and oxygen atoms in total. The highest BCUT2D eigenvalue weighted by Gasteiger charge is 2.13. The number of nitrogens with one attached hydrogen (secondary N) is 1. The van der Waals surface area contributed by atoms with Crippen LogP contribution in [0.5, 0.6) is 0 Å². The topological polar surface area (TPSA) is 72.7 Å². The van der Waals surface area contributed by atoms with Gasteiger partial charge in [-0.1, -0.05) is 35.9 Å². The van der Waals surface area contributed by atoms with Crippen LogP contribution in [0.1, 0.15) is 26.6 Å². The zero-order valence-corrected chi connectivity index (χ0v) is 17.5. The van der Waals surface area contributed by atoms with E-state index in [9.17, 15) is 4.79 Å². The van der Waals surface area contributed by atoms with Gasteiger partial charge in [-0.15, -0.1) is 11.3 Å². The molecule has 0 aliphatic carbocycles. The number of hydrogen-bond donors (Lipinski definition) is 1. The number of hydrogen-bond acceptors (Lipinski definition) is 5. The molecule has 0 aliphatic rings. The number of rotatable bonds is 5. The van der Waals surface area contributed by atoms with Gasteiger partial charge in [0.1, 0.15) is 9.88 Å². The molecule has 0 radical (unpaired) electrons. The minimum absolute atomic E-state index is 0.177. The SMILES string of the molecule is Cc1cc(C)n(-c2ccc(CNC(=O)c3cnc(-c4ccccc4Cl)s3)cn2)n1. The number of halogens is 1. The van der Waals surface area contributed by atoms with Gasteiger partial charge in [-0.05, 0) is 37.6 Å². The Morgan fingerprint density at radius 3 is 2.66 bits per heavy atom. The Hall–Kier alpha value is -3.03. The van der Waals surface area contributed by atoms with Gasteiger partial charge in [0, 0.05) is 24.0 Å². The maximum absolute atomic E-state index is 12.5. The molecule has 0 saturated carbocycles. The van der Waals surface area contributed by atoms with Gasteiger partial charge in [0.2, 0.25) is 0 Å². The van der Waals surface area contributed by atoms with Crippen molar-refractivity contribution < 1.29 is 4.79 Å². The van der Waals surface area contributed by atoms with E-state index in [4.69, 9.17) is 11.6 Å². The van der Waals surface area contributed by atoms with E-state index < -0.39 is 0 Å². The summed E-state index contributed by atoms with van der Waals surface area (Å²) in [4.78, 5) is 21.8. The molecular formula is C21H18ClN5OS. The lowest BCUT2D eigenvalue weighted by Gasteiger charge is -2.06. The van der Waals surface area contributed by atoms with Gasteiger partial charge in [0.15, 0.2) is 5.82 Å². The summed E-state index contributed by atoms with van der Waals surface area (Å²) in [5.41, 5.74) is 3.69. The summed E-state index contributed by atoms with van der Waals surface area (Å²) in [6, 6.07) is 13.3. The number of pyridine rings is 1. The fourth-order valence-corrected chi connectivity index (χ4v) is 4.07. The largest absolute Gasteiger partial charge is 0.347 e. The van der Waals surface area contributed by atoms with Crippen LogP contribution in [0.4, 0.5) is 0 Å². The van der Waals surface area contributed by atoms with Gasteiger partial charge in [-0.2, -0.15) is 5.10 Å². The van der Waals surface area contributed by atoms with E-state index in [1.54, 1.807) is 23.1 Å². The highest BCUT2D eigenvalue weighted by Crippen LogP contribution is 2.30. The van der Waals surface area contributed by atoms with E-state index in [2.05, 4.69) is 20.4 Å². The number of amides is 1. The summed E-state index contributed by atoms with van der Waals surface area (Å²) >= 11 is 7.52. The van der Waals surface area contributed by atoms with Crippen molar-refractivity contribution in [3.8, 4) is 16.4 Å². The van der Waals surface area contributed by atoms with Crippen LogP contribution in [0.25, 0.3) is 16.4 Å². The summed E-state index contributed by atoms with van der Waals surface area (Å²) in [5.74, 6) is 0.570. The van der Waals surface area contributed by atoms with Gasteiger partial charge in [-0.3, -0.25) is 4.79 Å². The van der Waals surface area contributed by atoms with Gasteiger partial charge in [0.25, 0.3) is 5.91 Å². The Balaban J connectivity index is 1.41. The normalized spacial score (nSPS) is 10.9. The number of benzene rings is 1. The predicted molar refractivity (Wildman–Crippen MR) is 115 cm³/mol. The molecule has 0 aliphatic heterocycles. The minimum Gasteiger partial charge on any atom is -0.347 e. The zero-order valence-electron chi connectivity index (χ0n) is 15.9. The first-order chi connectivity index (χ1) is 14.0. The summed E-state index contributed by atoms with van der Waals surface area (Å²) in [5, 5.41) is 8.67. The second-order valence-corrected chi connectivity index (χ2v) is 7.99. The molecule has 1 N–H and O–H groups in total. The van der Waals surface area contributed by atoms with Crippen molar-refractivity contribution >= 4 is 28.8 Å². The molecule has 4 rings (SSSR count). The quantitative estimate of drug-likeness (QED) is 0.509. The van der Waals surface area contributed by atoms with Crippen molar-refractivity contribution in [2.24, 2.45) is 0 Å². The zero-order chi connectivity index (χ0) is 20.4. The Kier molecular flexibility index (Phi) is 5.42. The lowest BCUT2D eigenvalue weighted by atomic mass is 10.2. The average Bonchev–Trinajstić information content (AvgIpc) is 3.33. The van der Waals surface area contributed by atoms with Crippen molar-refractivity contribution in [3.63, 3.8) is 0 Å². The third-order valence-corrected chi connectivity index (χ3v) is 5.68. The molecule has 0 saturated heterocycles. The van der Waals surface area contributed by atoms with E-state index >= 15 is 0 Å². The number of thiazole rings is 1. The predicted octanol–water partition coefficient (Wildman–Crippen LogP) is 4.59. The molecule has 0 bridgehead atoms. The lowest BCUT2D eigenvalue weighted by molar-refractivity contribution is 0.0954. The number of carbonyl (C=O) groups is 1. The van der Waals surface area contributed by atoms with Crippen molar-refractivity contribution in [1.82, 2.24) is 25.1 Å². The van der Waals surface area contributed by atoms with Crippen LogP contribution in [-0.4, -0.2) is 25.7 Å². The summed E-state index contributed by atoms with van der Waals surface area (Å²) in [7, 11) is 0. The second kappa shape index (κ2) is 8.14. The van der Waals surface area contributed by atoms with Gasteiger partial charge < -0.3 is 5.32 Å². The average molecular weight is 424 g/mol. The Labute approximate surface area is 177 Å². The fraction of sp³-hybridized carbons (Fsp3) is 0.143. The summed E-state index contributed by atoms with van der Waals surface area (Å²) < 4.78 is 1.80. The molecule has 0 unspecified atom stereocenters. The maximum Gasteiger partial charge on any atom is 0.263 e. The highest BCUT2D eigenvalue weighted by molar-refractivity contribution is 7.17. The summed E-state index contributed by atoms with van der Waals surface area (Å²) in [6.07, 6.45) is 3.32. The molecular weight excluding hydrogens is 406 g/mol. The number of carbonyl (C=O) groups excluding carboxylic acids is 1. The number of nitrogens with zero attached hydrogens (tertiary/aromatic N) is 4. The van der Waals surface area contributed by atoms with Crippen LogP contribution >= 0.6 is 22.9 Å². The molecule has 3 aromatic heterocycles. The first-order valence-electron chi connectivity index (χ1n) is 8.99. The smallest absolute Gasteiger partial charge is 0.263 e. The number of aromatic nitrogens is 4. The van der Waals surface area contributed by atoms with Crippen molar-refractivity contribution in [2.45, 2.75) is 20.4 Å². The first kappa shape index (κ1) is 19.3. The maximum atomic E-state index is 12.5. The van der Waals surface area contributed by atoms with Crippen molar-refractivity contribution in [2.75, 3.05) is 0 Å². The van der Waals surface area contributed by atoms with Gasteiger partial charge in [0.05, 0.1) is 16.9 Å². The Morgan fingerprint density at radius 1 is 1.14 bits per heavy atom. The lowest BCUT2D eigenvalue weighted by Crippen LogP contribution is -2.21. The summed E-state index contributed by atoms with van der Waals surface area (Å²) in [6.45, 7) is 4.31. The molecule has 4 aromatic rings. The van der Waals surface area contributed by atoms with Crippen LogP contribution in [0, 0.1) is 13.8 Å². The number of aryl methyl sites for hydroxylation is 2. The molecule has 0 fully saturated rings. The molecule has 29 heavy (non-hydrogen) atoms. The van der Waals surface area contributed by atoms with E-state index in [1.807, 2.05) is 50.2 Å². The van der Waals surface area contributed by atoms with Crippen molar-refractivity contribution in [3.05, 3.63) is 81.7 Å². The van der Waals surface area contributed by atoms with E-state index in [0.29, 0.717) is 16.4 Å². The third-order valence-electron chi connectivity index (χ3n) is 4.32. The molecule has 1 aromatic carbocycles. The molecule has 0 atom stereocenters. The Bertz CT molecular complexity index is 1170. The molecule has 0 spiro atoms. The molecule has 146 valence electrons. The van der Waals surface area contributed by atoms with Crippen LogP contribution < -0.4 is 5.32 Å². The van der Waals surface area contributed by atoms with E-state index in [-0.39, 0.29) is 5.91 Å². The monoisotopic (exact) mass is 423 g/mol. The van der Waals surface area contributed by atoms with Crippen molar-refractivity contribution in [1.29, 1.82) is 0 Å².